The van der Waals surface area contributed by atoms with Crippen molar-refractivity contribution in [2.45, 2.75) is 6.04 Å². The van der Waals surface area contributed by atoms with E-state index < -0.39 is 17.8 Å². The maximum atomic E-state index is 11.0. The van der Waals surface area contributed by atoms with E-state index in [1.165, 1.54) is 0 Å². The number of carboxylic acids is 1. The molecule has 0 radical (unpaired) electrons. The summed E-state index contributed by atoms with van der Waals surface area (Å²) >= 11 is 3.32. The number of carbonyl (C=O) groups is 2. The summed E-state index contributed by atoms with van der Waals surface area (Å²) in [6.07, 6.45) is 0. The van der Waals surface area contributed by atoms with Gasteiger partial charge < -0.3 is 20.9 Å². The van der Waals surface area contributed by atoms with Crippen molar-refractivity contribution >= 4 is 33.5 Å². The molecular formula is C12H13BrN2O4. The number of benzene rings is 1. The summed E-state index contributed by atoms with van der Waals surface area (Å²) in [4.78, 5) is 22.1. The minimum absolute atomic E-state index is 0.198. The van der Waals surface area contributed by atoms with Crippen molar-refractivity contribution in [2.75, 3.05) is 18.5 Å². The predicted molar refractivity (Wildman–Crippen MR) is 72.0 cm³/mol. The van der Waals surface area contributed by atoms with Gasteiger partial charge in [0.2, 0.25) is 5.91 Å². The van der Waals surface area contributed by atoms with Crippen molar-refractivity contribution < 1.29 is 19.4 Å². The molecule has 1 fully saturated rings. The lowest BCUT2D eigenvalue weighted by molar-refractivity contribution is -0.141. The number of anilines is 1. The second-order valence-electron chi connectivity index (χ2n) is 4.29. The van der Waals surface area contributed by atoms with Gasteiger partial charge in [0, 0.05) is 15.7 Å². The molecule has 1 heterocycles. The third kappa shape index (κ3) is 3.05. The van der Waals surface area contributed by atoms with Crippen molar-refractivity contribution in [3.8, 4) is 0 Å². The zero-order valence-electron chi connectivity index (χ0n) is 9.93. The first-order valence-corrected chi connectivity index (χ1v) is 6.45. The van der Waals surface area contributed by atoms with Crippen LogP contribution in [0.2, 0.25) is 0 Å². The number of carbonyl (C=O) groups excluding carboxylic acids is 1. The number of nitrogens with two attached hydrogens (primary N) is 1. The Morgan fingerprint density at radius 2 is 2.16 bits per heavy atom. The molecule has 1 aromatic carbocycles. The Bertz CT molecular complexity index is 520. The van der Waals surface area contributed by atoms with Crippen molar-refractivity contribution in [2.24, 2.45) is 11.7 Å². The third-order valence-electron chi connectivity index (χ3n) is 2.99. The van der Waals surface area contributed by atoms with E-state index in [0.29, 0.717) is 22.3 Å². The standard InChI is InChI=1S/C12H13BrN2O4/c13-8-3-6(11(14)16)1-2-9(8)15-10-5-19-4-7(10)12(17)18/h1-3,7,10,15H,4-5H2,(H2,14,16)(H,17,18). The molecule has 1 aliphatic rings. The fourth-order valence-corrected chi connectivity index (χ4v) is 2.42. The molecule has 102 valence electrons. The van der Waals surface area contributed by atoms with E-state index in [2.05, 4.69) is 21.2 Å². The Morgan fingerprint density at radius 1 is 1.42 bits per heavy atom. The van der Waals surface area contributed by atoms with Gasteiger partial charge in [-0.25, -0.2) is 0 Å². The summed E-state index contributed by atoms with van der Waals surface area (Å²) in [6, 6.07) is 4.56. The van der Waals surface area contributed by atoms with Gasteiger partial charge in [-0.15, -0.1) is 0 Å². The molecule has 0 bridgehead atoms. The number of hydrogen-bond donors (Lipinski definition) is 3. The molecule has 1 saturated heterocycles. The van der Waals surface area contributed by atoms with Crippen LogP contribution in [0.1, 0.15) is 10.4 Å². The Hall–Kier alpha value is -1.60. The quantitative estimate of drug-likeness (QED) is 0.767. The molecule has 0 spiro atoms. The number of halogens is 1. The highest BCUT2D eigenvalue weighted by Crippen LogP contribution is 2.27. The Morgan fingerprint density at radius 3 is 2.74 bits per heavy atom. The molecule has 6 nitrogen and oxygen atoms in total. The lowest BCUT2D eigenvalue weighted by Crippen LogP contribution is -2.33. The Kier molecular flexibility index (Phi) is 4.06. The molecule has 19 heavy (non-hydrogen) atoms. The number of nitrogens with one attached hydrogen (secondary N) is 1. The molecule has 1 amide bonds. The molecular weight excluding hydrogens is 316 g/mol. The van der Waals surface area contributed by atoms with Crippen molar-refractivity contribution in [1.29, 1.82) is 0 Å². The van der Waals surface area contributed by atoms with Gasteiger partial charge in [0.15, 0.2) is 0 Å². The van der Waals surface area contributed by atoms with Crippen LogP contribution in [-0.4, -0.2) is 36.2 Å². The average Bonchev–Trinajstić information content (AvgIpc) is 2.79. The molecule has 2 rings (SSSR count). The van der Waals surface area contributed by atoms with Gasteiger partial charge in [0.05, 0.1) is 19.3 Å². The maximum Gasteiger partial charge on any atom is 0.311 e. The molecule has 0 saturated carbocycles. The minimum Gasteiger partial charge on any atom is -0.481 e. The zero-order valence-corrected chi connectivity index (χ0v) is 11.5. The first kappa shape index (κ1) is 13.8. The van der Waals surface area contributed by atoms with E-state index in [9.17, 15) is 9.59 Å². The second-order valence-corrected chi connectivity index (χ2v) is 5.15. The van der Waals surface area contributed by atoms with Gasteiger partial charge in [-0.1, -0.05) is 0 Å². The predicted octanol–water partition coefficient (Wildman–Crippen LogP) is 1.06. The largest absolute Gasteiger partial charge is 0.481 e. The summed E-state index contributed by atoms with van der Waals surface area (Å²) in [6.45, 7) is 0.533. The number of aliphatic carboxylic acids is 1. The van der Waals surface area contributed by atoms with Gasteiger partial charge >= 0.3 is 5.97 Å². The van der Waals surface area contributed by atoms with E-state index in [4.69, 9.17) is 15.6 Å². The van der Waals surface area contributed by atoms with Crippen LogP contribution in [0.5, 0.6) is 0 Å². The highest BCUT2D eigenvalue weighted by atomic mass is 79.9. The zero-order chi connectivity index (χ0) is 14.0. The Labute approximate surface area is 118 Å². The van der Waals surface area contributed by atoms with Crippen molar-refractivity contribution in [3.05, 3.63) is 28.2 Å². The van der Waals surface area contributed by atoms with Crippen LogP contribution in [-0.2, 0) is 9.53 Å². The van der Waals surface area contributed by atoms with Crippen LogP contribution in [0, 0.1) is 5.92 Å². The van der Waals surface area contributed by atoms with Crippen molar-refractivity contribution in [1.82, 2.24) is 0 Å². The molecule has 7 heteroatoms. The fraction of sp³-hybridized carbons (Fsp3) is 0.333. The van der Waals surface area contributed by atoms with Crippen LogP contribution in [0.15, 0.2) is 22.7 Å². The van der Waals surface area contributed by atoms with E-state index in [-0.39, 0.29) is 12.6 Å². The third-order valence-corrected chi connectivity index (χ3v) is 3.65. The average molecular weight is 329 g/mol. The normalized spacial score (nSPS) is 22.2. The van der Waals surface area contributed by atoms with E-state index >= 15 is 0 Å². The number of ether oxygens (including phenoxy) is 1. The van der Waals surface area contributed by atoms with Crippen LogP contribution >= 0.6 is 15.9 Å². The summed E-state index contributed by atoms with van der Waals surface area (Å²) in [5, 5.41) is 12.2. The van der Waals surface area contributed by atoms with E-state index in [0.717, 1.165) is 0 Å². The van der Waals surface area contributed by atoms with Crippen LogP contribution < -0.4 is 11.1 Å². The number of carboxylic acid groups (broad SMARTS) is 1. The summed E-state index contributed by atoms with van der Waals surface area (Å²) < 4.78 is 5.82. The molecule has 4 N–H and O–H groups in total. The molecule has 1 aromatic rings. The van der Waals surface area contributed by atoms with Gasteiger partial charge in [-0.3, -0.25) is 9.59 Å². The summed E-state index contributed by atoms with van der Waals surface area (Å²) in [5.74, 6) is -1.98. The van der Waals surface area contributed by atoms with E-state index in [1.54, 1.807) is 18.2 Å². The topological polar surface area (TPSA) is 102 Å². The highest BCUT2D eigenvalue weighted by Gasteiger charge is 2.34. The van der Waals surface area contributed by atoms with Gasteiger partial charge in [0.25, 0.3) is 0 Å². The summed E-state index contributed by atoms with van der Waals surface area (Å²) in [5.41, 5.74) is 6.27. The van der Waals surface area contributed by atoms with Gasteiger partial charge in [-0.05, 0) is 34.1 Å². The fourth-order valence-electron chi connectivity index (χ4n) is 1.93. The number of primary amides is 1. The van der Waals surface area contributed by atoms with Gasteiger partial charge in [-0.2, -0.15) is 0 Å². The van der Waals surface area contributed by atoms with Crippen molar-refractivity contribution in [3.63, 3.8) is 0 Å². The summed E-state index contributed by atoms with van der Waals surface area (Å²) in [7, 11) is 0. The monoisotopic (exact) mass is 328 g/mol. The smallest absolute Gasteiger partial charge is 0.311 e. The lowest BCUT2D eigenvalue weighted by Gasteiger charge is -2.18. The molecule has 0 aliphatic carbocycles. The molecule has 0 aromatic heterocycles. The number of rotatable bonds is 4. The second kappa shape index (κ2) is 5.58. The molecule has 1 aliphatic heterocycles. The van der Waals surface area contributed by atoms with E-state index in [1.807, 2.05) is 0 Å². The highest BCUT2D eigenvalue weighted by molar-refractivity contribution is 9.10. The first-order chi connectivity index (χ1) is 8.99. The van der Waals surface area contributed by atoms with Gasteiger partial charge in [0.1, 0.15) is 5.92 Å². The minimum atomic E-state index is -0.889. The SMILES string of the molecule is NC(=O)c1ccc(NC2COCC2C(=O)O)c(Br)c1. The van der Waals surface area contributed by atoms with Crippen LogP contribution in [0.3, 0.4) is 0 Å². The number of hydrogen-bond acceptors (Lipinski definition) is 4. The van der Waals surface area contributed by atoms with Crippen LogP contribution in [0.25, 0.3) is 0 Å². The molecule has 2 unspecified atom stereocenters. The number of amides is 1. The van der Waals surface area contributed by atoms with Crippen LogP contribution in [0.4, 0.5) is 5.69 Å². The first-order valence-electron chi connectivity index (χ1n) is 5.65. The Balaban J connectivity index is 2.15. The maximum absolute atomic E-state index is 11.0. The lowest BCUT2D eigenvalue weighted by atomic mass is 10.0. The molecule has 2 atom stereocenters.